The van der Waals surface area contributed by atoms with Crippen molar-refractivity contribution in [2.75, 3.05) is 14.2 Å². The Morgan fingerprint density at radius 2 is 2.03 bits per heavy atom. The van der Waals surface area contributed by atoms with Crippen LogP contribution in [0.2, 0.25) is 0 Å². The summed E-state index contributed by atoms with van der Waals surface area (Å²) < 4.78 is 18.6. The van der Waals surface area contributed by atoms with Crippen molar-refractivity contribution in [1.29, 1.82) is 0 Å². The number of hydrogen-bond donors (Lipinski definition) is 0. The van der Waals surface area contributed by atoms with Crippen molar-refractivity contribution in [3.8, 4) is 11.5 Å². The molecule has 3 aromatic rings. The van der Waals surface area contributed by atoms with Gasteiger partial charge < -0.3 is 14.2 Å². The molecular weight excluding hydrogens is 416 g/mol. The Hall–Kier alpha value is -3.39. The summed E-state index contributed by atoms with van der Waals surface area (Å²) in [6.45, 7) is 1.76. The van der Waals surface area contributed by atoms with E-state index in [1.165, 1.54) is 18.4 Å². The molecule has 0 saturated heterocycles. The third kappa shape index (κ3) is 2.97. The number of methoxy groups -OCH3 is 2. The molecule has 2 aliphatic heterocycles. The summed E-state index contributed by atoms with van der Waals surface area (Å²) in [6.07, 6.45) is 1.81. The lowest BCUT2D eigenvalue weighted by Gasteiger charge is -2.44. The highest BCUT2D eigenvalue weighted by atomic mass is 32.1. The van der Waals surface area contributed by atoms with Crippen LogP contribution in [0.15, 0.2) is 58.3 Å². The number of carbonyl (C=O) groups is 1. The van der Waals surface area contributed by atoms with Crippen LogP contribution in [-0.4, -0.2) is 30.5 Å². The molecule has 5 rings (SSSR count). The second-order valence-electron chi connectivity index (χ2n) is 7.60. The molecule has 7 nitrogen and oxygen atoms in total. The van der Waals surface area contributed by atoms with Gasteiger partial charge in [0.25, 0.3) is 5.56 Å². The molecule has 0 radical (unpaired) electrons. The second kappa shape index (κ2) is 7.09. The van der Waals surface area contributed by atoms with E-state index in [9.17, 15) is 9.59 Å². The van der Waals surface area contributed by atoms with E-state index in [1.54, 1.807) is 18.6 Å². The minimum Gasteiger partial charge on any atom is -0.497 e. The number of esters is 1. The molecule has 3 heterocycles. The predicted molar refractivity (Wildman–Crippen MR) is 115 cm³/mol. The minimum atomic E-state index is -1.17. The van der Waals surface area contributed by atoms with Crippen LogP contribution in [0.1, 0.15) is 24.1 Å². The Kier molecular flexibility index (Phi) is 4.48. The maximum Gasteiger partial charge on any atom is 0.317 e. The molecule has 3 atom stereocenters. The van der Waals surface area contributed by atoms with Gasteiger partial charge in [0.2, 0.25) is 5.72 Å². The zero-order chi connectivity index (χ0) is 21.8. The highest BCUT2D eigenvalue weighted by molar-refractivity contribution is 7.07. The Balaban J connectivity index is 1.77. The quantitative estimate of drug-likeness (QED) is 0.586. The summed E-state index contributed by atoms with van der Waals surface area (Å²) in [4.78, 5) is 31.5. The zero-order valence-electron chi connectivity index (χ0n) is 17.2. The number of thiazole rings is 1. The number of para-hydroxylation sites is 1. The molecule has 0 fully saturated rings. The lowest BCUT2D eigenvalue weighted by Crippen LogP contribution is -2.58. The van der Waals surface area contributed by atoms with Crippen LogP contribution in [0, 0.1) is 5.92 Å². The van der Waals surface area contributed by atoms with Crippen LogP contribution >= 0.6 is 11.3 Å². The summed E-state index contributed by atoms with van der Waals surface area (Å²) >= 11 is 1.28. The van der Waals surface area contributed by atoms with Gasteiger partial charge in [0.05, 0.1) is 24.8 Å². The van der Waals surface area contributed by atoms with Gasteiger partial charge >= 0.3 is 5.97 Å². The van der Waals surface area contributed by atoms with E-state index in [4.69, 9.17) is 19.2 Å². The Bertz CT molecular complexity index is 1380. The largest absolute Gasteiger partial charge is 0.497 e. The Morgan fingerprint density at radius 3 is 2.81 bits per heavy atom. The smallest absolute Gasteiger partial charge is 0.317 e. The number of ether oxygens (including phenoxy) is 3. The number of nitrogens with zero attached hydrogens (tertiary/aromatic N) is 2. The van der Waals surface area contributed by atoms with Gasteiger partial charge in [0.15, 0.2) is 4.80 Å². The van der Waals surface area contributed by atoms with E-state index in [1.807, 2.05) is 54.6 Å². The average Bonchev–Trinajstić information content (AvgIpc) is 3.06. The highest BCUT2D eigenvalue weighted by Crippen LogP contribution is 2.47. The van der Waals surface area contributed by atoms with Crippen LogP contribution < -0.4 is 24.4 Å². The van der Waals surface area contributed by atoms with E-state index < -0.39 is 23.7 Å². The van der Waals surface area contributed by atoms with Crippen molar-refractivity contribution < 1.29 is 19.0 Å². The molecule has 0 amide bonds. The summed E-state index contributed by atoms with van der Waals surface area (Å²) in [7, 11) is 2.93. The molecule has 0 saturated carbocycles. The number of benzene rings is 2. The fourth-order valence-electron chi connectivity index (χ4n) is 4.31. The fraction of sp³-hybridized carbons (Fsp3) is 0.261. The van der Waals surface area contributed by atoms with E-state index in [0.29, 0.717) is 20.8 Å². The van der Waals surface area contributed by atoms with E-state index in [2.05, 4.69) is 0 Å². The van der Waals surface area contributed by atoms with Crippen molar-refractivity contribution in [1.82, 2.24) is 4.57 Å². The van der Waals surface area contributed by atoms with Gasteiger partial charge in [-0.1, -0.05) is 41.7 Å². The molecule has 2 aromatic carbocycles. The van der Waals surface area contributed by atoms with Gasteiger partial charge in [-0.15, -0.1) is 0 Å². The number of fused-ring (bicyclic) bond motifs is 6. The van der Waals surface area contributed by atoms with Gasteiger partial charge in [-0.2, -0.15) is 0 Å². The topological polar surface area (TPSA) is 79.1 Å². The average molecular weight is 436 g/mol. The fourth-order valence-corrected chi connectivity index (χ4v) is 5.41. The van der Waals surface area contributed by atoms with E-state index in [0.717, 1.165) is 11.1 Å². The first-order valence-corrected chi connectivity index (χ1v) is 10.6. The van der Waals surface area contributed by atoms with Crippen molar-refractivity contribution in [2.45, 2.75) is 18.7 Å². The lowest BCUT2D eigenvalue weighted by molar-refractivity contribution is -0.158. The number of hydrogen-bond acceptors (Lipinski definition) is 7. The first-order chi connectivity index (χ1) is 14.9. The summed E-state index contributed by atoms with van der Waals surface area (Å²) in [6, 6.07) is 14.3. The van der Waals surface area contributed by atoms with Gasteiger partial charge in [0.1, 0.15) is 17.4 Å². The minimum absolute atomic E-state index is 0.204. The van der Waals surface area contributed by atoms with Crippen LogP contribution in [0.25, 0.3) is 6.08 Å². The molecule has 2 unspecified atom stereocenters. The van der Waals surface area contributed by atoms with Crippen molar-refractivity contribution in [2.24, 2.45) is 10.9 Å². The highest BCUT2D eigenvalue weighted by Gasteiger charge is 2.55. The predicted octanol–water partition coefficient (Wildman–Crippen LogP) is 1.87. The van der Waals surface area contributed by atoms with E-state index >= 15 is 0 Å². The van der Waals surface area contributed by atoms with Crippen molar-refractivity contribution in [3.63, 3.8) is 0 Å². The van der Waals surface area contributed by atoms with Gasteiger partial charge in [-0.25, -0.2) is 4.99 Å². The van der Waals surface area contributed by atoms with Gasteiger partial charge in [-0.3, -0.25) is 14.2 Å². The summed E-state index contributed by atoms with van der Waals surface area (Å²) in [5.74, 6) is 0.0713. The number of carbonyl (C=O) groups excluding carboxylic acids is 1. The molecule has 158 valence electrons. The normalized spacial score (nSPS) is 23.8. The Morgan fingerprint density at radius 1 is 1.23 bits per heavy atom. The molecule has 0 aliphatic carbocycles. The number of rotatable bonds is 3. The lowest BCUT2D eigenvalue weighted by atomic mass is 9.81. The molecule has 31 heavy (non-hydrogen) atoms. The summed E-state index contributed by atoms with van der Waals surface area (Å²) in [5, 5.41) is 0. The second-order valence-corrected chi connectivity index (χ2v) is 8.61. The molecule has 0 N–H and O–H groups in total. The maximum absolute atomic E-state index is 13.5. The number of aromatic nitrogens is 1. The Labute approximate surface area is 181 Å². The third-order valence-corrected chi connectivity index (χ3v) is 6.71. The van der Waals surface area contributed by atoms with Crippen molar-refractivity contribution in [3.05, 3.63) is 79.3 Å². The van der Waals surface area contributed by atoms with Crippen LogP contribution in [0.5, 0.6) is 11.5 Å². The molecule has 0 spiro atoms. The van der Waals surface area contributed by atoms with Crippen LogP contribution in [-0.2, 0) is 9.53 Å². The zero-order valence-corrected chi connectivity index (χ0v) is 18.0. The maximum atomic E-state index is 13.5. The summed E-state index contributed by atoms with van der Waals surface area (Å²) in [5.41, 5.74) is 0.228. The van der Waals surface area contributed by atoms with E-state index in [-0.39, 0.29) is 5.56 Å². The van der Waals surface area contributed by atoms with Gasteiger partial charge in [-0.05, 0) is 36.8 Å². The van der Waals surface area contributed by atoms with Crippen LogP contribution in [0.4, 0.5) is 0 Å². The first-order valence-electron chi connectivity index (χ1n) is 9.78. The van der Waals surface area contributed by atoms with Crippen molar-refractivity contribution >= 4 is 23.4 Å². The monoisotopic (exact) mass is 436 g/mol. The first kappa shape index (κ1) is 19.6. The molecule has 2 bridgehead atoms. The molecule has 1 aromatic heterocycles. The molecule has 2 aliphatic rings. The molecule has 8 heteroatoms. The third-order valence-electron chi connectivity index (χ3n) is 5.73. The van der Waals surface area contributed by atoms with Gasteiger partial charge in [0, 0.05) is 5.56 Å². The SMILES string of the molecule is COC(=O)C1C2c3ccccc3O[C@@]1(C)N=c1s/c(=C/c3cccc(OC)c3)c(=O)n12. The van der Waals surface area contributed by atoms with Crippen LogP contribution in [0.3, 0.4) is 0 Å². The molecular formula is C23H20N2O5S. The standard InChI is InChI=1S/C23H20N2O5S/c1-23-18(21(27)29-3)19(15-9-4-5-10-16(15)30-23)25-20(26)17(31-22(25)24-23)12-13-7-6-8-14(11-13)28-2/h4-12,18-19H,1-3H3/b17-12+/t18?,19?,23-/m1/s1.